The summed E-state index contributed by atoms with van der Waals surface area (Å²) in [7, 11) is 0. The van der Waals surface area contributed by atoms with Crippen LogP contribution in [-0.4, -0.2) is 22.2 Å². The summed E-state index contributed by atoms with van der Waals surface area (Å²) < 4.78 is 0. The van der Waals surface area contributed by atoms with E-state index in [2.05, 4.69) is 17.2 Å². The third-order valence-corrected chi connectivity index (χ3v) is 2.97. The van der Waals surface area contributed by atoms with Crippen LogP contribution in [0.4, 0.5) is 0 Å². The molecule has 3 nitrogen and oxygen atoms in total. The minimum absolute atomic E-state index is 0.275. The summed E-state index contributed by atoms with van der Waals surface area (Å²) in [4.78, 5) is 4.22. The van der Waals surface area contributed by atoms with Crippen molar-refractivity contribution in [3.8, 4) is 0 Å². The number of nitrogens with one attached hydrogen (secondary N) is 1. The molecule has 2 N–H and O–H groups in total. The highest BCUT2D eigenvalue weighted by Gasteiger charge is 2.13. The summed E-state index contributed by atoms with van der Waals surface area (Å²) in [6.07, 6.45) is 2.57. The van der Waals surface area contributed by atoms with Crippen LogP contribution in [0.2, 0.25) is 0 Å². The molecule has 0 spiro atoms. The molecule has 1 unspecified atom stereocenters. The van der Waals surface area contributed by atoms with Gasteiger partial charge in [0.15, 0.2) is 0 Å². The lowest BCUT2D eigenvalue weighted by atomic mass is 10.1. The standard InChI is InChI=1S/C10H18N2OS/c1-8(9-12-6-7-14-9)11-5-4-10(2,3)13/h6-8,11,13H,4-5H2,1-3H3. The normalized spacial score (nSPS) is 14.3. The smallest absolute Gasteiger partial charge is 0.109 e. The van der Waals surface area contributed by atoms with Gasteiger partial charge in [-0.3, -0.25) is 0 Å². The van der Waals surface area contributed by atoms with Crippen molar-refractivity contribution in [1.29, 1.82) is 0 Å². The maximum Gasteiger partial charge on any atom is 0.109 e. The van der Waals surface area contributed by atoms with Crippen molar-refractivity contribution in [2.75, 3.05) is 6.54 Å². The molecule has 14 heavy (non-hydrogen) atoms. The summed E-state index contributed by atoms with van der Waals surface area (Å²) >= 11 is 1.65. The van der Waals surface area contributed by atoms with Gasteiger partial charge in [0.25, 0.3) is 0 Å². The topological polar surface area (TPSA) is 45.1 Å². The van der Waals surface area contributed by atoms with Crippen LogP contribution < -0.4 is 5.32 Å². The highest BCUT2D eigenvalue weighted by molar-refractivity contribution is 7.09. The Labute approximate surface area is 89.2 Å². The monoisotopic (exact) mass is 214 g/mol. The molecule has 0 saturated heterocycles. The Kier molecular flexibility index (Phi) is 4.04. The van der Waals surface area contributed by atoms with Crippen molar-refractivity contribution in [3.63, 3.8) is 0 Å². The second kappa shape index (κ2) is 4.87. The molecule has 0 amide bonds. The number of aliphatic hydroxyl groups is 1. The lowest BCUT2D eigenvalue weighted by Crippen LogP contribution is -2.28. The van der Waals surface area contributed by atoms with Crippen LogP contribution in [0.1, 0.15) is 38.2 Å². The molecular formula is C10H18N2OS. The van der Waals surface area contributed by atoms with E-state index in [1.165, 1.54) is 0 Å². The Morgan fingerprint density at radius 1 is 1.64 bits per heavy atom. The number of rotatable bonds is 5. The van der Waals surface area contributed by atoms with Gasteiger partial charge in [-0.15, -0.1) is 11.3 Å². The first-order valence-corrected chi connectivity index (χ1v) is 5.72. The molecule has 0 fully saturated rings. The summed E-state index contributed by atoms with van der Waals surface area (Å²) in [5, 5.41) is 15.9. The number of nitrogens with zero attached hydrogens (tertiary/aromatic N) is 1. The van der Waals surface area contributed by atoms with E-state index in [1.807, 2.05) is 25.4 Å². The molecule has 1 atom stereocenters. The zero-order valence-electron chi connectivity index (χ0n) is 8.95. The van der Waals surface area contributed by atoms with E-state index >= 15 is 0 Å². The highest BCUT2D eigenvalue weighted by atomic mass is 32.1. The maximum atomic E-state index is 9.51. The SMILES string of the molecule is CC(NCCC(C)(C)O)c1nccs1. The van der Waals surface area contributed by atoms with E-state index in [0.717, 1.165) is 18.0 Å². The van der Waals surface area contributed by atoms with E-state index in [9.17, 15) is 5.11 Å². The average Bonchev–Trinajstić information content (AvgIpc) is 2.53. The van der Waals surface area contributed by atoms with Gasteiger partial charge in [-0.2, -0.15) is 0 Å². The van der Waals surface area contributed by atoms with Gasteiger partial charge in [-0.1, -0.05) is 0 Å². The van der Waals surface area contributed by atoms with E-state index in [0.29, 0.717) is 0 Å². The van der Waals surface area contributed by atoms with E-state index in [-0.39, 0.29) is 6.04 Å². The van der Waals surface area contributed by atoms with Crippen LogP contribution in [0, 0.1) is 0 Å². The second-order valence-corrected chi connectivity index (χ2v) is 5.03. The fourth-order valence-corrected chi connectivity index (χ4v) is 1.80. The first kappa shape index (κ1) is 11.6. The maximum absolute atomic E-state index is 9.51. The van der Waals surface area contributed by atoms with Gasteiger partial charge in [0, 0.05) is 11.6 Å². The van der Waals surface area contributed by atoms with Crippen LogP contribution >= 0.6 is 11.3 Å². The molecule has 1 aromatic heterocycles. The Bertz CT molecular complexity index is 254. The van der Waals surface area contributed by atoms with Crippen molar-refractivity contribution in [1.82, 2.24) is 10.3 Å². The van der Waals surface area contributed by atoms with Crippen LogP contribution in [0.25, 0.3) is 0 Å². The summed E-state index contributed by atoms with van der Waals surface area (Å²) in [6.45, 7) is 6.54. The molecule has 4 heteroatoms. The molecule has 0 saturated carbocycles. The van der Waals surface area contributed by atoms with Crippen molar-refractivity contribution in [2.24, 2.45) is 0 Å². The minimum atomic E-state index is -0.588. The molecule has 1 aromatic rings. The molecule has 0 aliphatic heterocycles. The Hall–Kier alpha value is -0.450. The molecule has 80 valence electrons. The molecule has 0 aliphatic carbocycles. The Morgan fingerprint density at radius 2 is 2.36 bits per heavy atom. The van der Waals surface area contributed by atoms with Gasteiger partial charge < -0.3 is 10.4 Å². The second-order valence-electron chi connectivity index (χ2n) is 4.11. The van der Waals surface area contributed by atoms with Gasteiger partial charge in [-0.25, -0.2) is 4.98 Å². The number of thiazole rings is 1. The summed E-state index contributed by atoms with van der Waals surface area (Å²) in [5.41, 5.74) is -0.588. The zero-order chi connectivity index (χ0) is 10.6. The number of hydrogen-bond donors (Lipinski definition) is 2. The summed E-state index contributed by atoms with van der Waals surface area (Å²) in [5.74, 6) is 0. The van der Waals surface area contributed by atoms with Crippen LogP contribution in [0.3, 0.4) is 0 Å². The molecule has 0 aromatic carbocycles. The van der Waals surface area contributed by atoms with Crippen molar-refractivity contribution < 1.29 is 5.11 Å². The van der Waals surface area contributed by atoms with Gasteiger partial charge >= 0.3 is 0 Å². The quantitative estimate of drug-likeness (QED) is 0.787. The van der Waals surface area contributed by atoms with Crippen molar-refractivity contribution in [2.45, 2.75) is 38.8 Å². The fourth-order valence-electron chi connectivity index (χ4n) is 1.13. The van der Waals surface area contributed by atoms with Gasteiger partial charge in [0.2, 0.25) is 0 Å². The molecule has 1 heterocycles. The third kappa shape index (κ3) is 4.17. The van der Waals surface area contributed by atoms with Crippen molar-refractivity contribution >= 4 is 11.3 Å². The summed E-state index contributed by atoms with van der Waals surface area (Å²) in [6, 6.07) is 0.275. The predicted octanol–water partition coefficient (Wildman–Crippen LogP) is 1.95. The van der Waals surface area contributed by atoms with Gasteiger partial charge in [0.1, 0.15) is 5.01 Å². The van der Waals surface area contributed by atoms with Crippen LogP contribution in [-0.2, 0) is 0 Å². The molecule has 0 bridgehead atoms. The predicted molar refractivity (Wildman–Crippen MR) is 59.4 cm³/mol. The number of hydrogen-bond acceptors (Lipinski definition) is 4. The molecule has 1 rings (SSSR count). The fraction of sp³-hybridized carbons (Fsp3) is 0.700. The molecular weight excluding hydrogens is 196 g/mol. The van der Waals surface area contributed by atoms with Crippen LogP contribution in [0.5, 0.6) is 0 Å². The number of aromatic nitrogens is 1. The first-order chi connectivity index (χ1) is 6.49. The molecule has 0 aliphatic rings. The van der Waals surface area contributed by atoms with Gasteiger partial charge in [-0.05, 0) is 33.7 Å². The lowest BCUT2D eigenvalue weighted by Gasteiger charge is -2.18. The first-order valence-electron chi connectivity index (χ1n) is 4.84. The third-order valence-electron chi connectivity index (χ3n) is 2.01. The van der Waals surface area contributed by atoms with Crippen LogP contribution in [0.15, 0.2) is 11.6 Å². The Balaban J connectivity index is 2.26. The Morgan fingerprint density at radius 3 is 2.86 bits per heavy atom. The lowest BCUT2D eigenvalue weighted by molar-refractivity contribution is 0.0705. The van der Waals surface area contributed by atoms with E-state index in [1.54, 1.807) is 11.3 Å². The largest absolute Gasteiger partial charge is 0.390 e. The molecule has 0 radical (unpaired) electrons. The van der Waals surface area contributed by atoms with E-state index in [4.69, 9.17) is 0 Å². The average molecular weight is 214 g/mol. The van der Waals surface area contributed by atoms with Gasteiger partial charge in [0.05, 0.1) is 11.6 Å². The zero-order valence-corrected chi connectivity index (χ0v) is 9.77. The van der Waals surface area contributed by atoms with E-state index < -0.39 is 5.60 Å². The van der Waals surface area contributed by atoms with Crippen molar-refractivity contribution in [3.05, 3.63) is 16.6 Å². The highest BCUT2D eigenvalue weighted by Crippen LogP contribution is 2.15. The minimum Gasteiger partial charge on any atom is -0.390 e.